The van der Waals surface area contributed by atoms with E-state index in [0.717, 1.165) is 37.7 Å². The molecule has 2 aromatic heterocycles. The van der Waals surface area contributed by atoms with Crippen molar-refractivity contribution in [3.8, 4) is 0 Å². The van der Waals surface area contributed by atoms with E-state index in [1.165, 1.54) is 24.4 Å². The molecular formula is C15H24N4OS. The summed E-state index contributed by atoms with van der Waals surface area (Å²) in [6.07, 6.45) is 4.51. The third-order valence-electron chi connectivity index (χ3n) is 4.20. The van der Waals surface area contributed by atoms with Crippen molar-refractivity contribution >= 4 is 22.1 Å². The first kappa shape index (κ1) is 14.8. The SMILES string of the molecule is CCNCc1c(N2CCC(COC)CC2)nc2sccn12. The number of hydrogen-bond acceptors (Lipinski definition) is 5. The van der Waals surface area contributed by atoms with Crippen LogP contribution in [0.1, 0.15) is 25.5 Å². The van der Waals surface area contributed by atoms with Gasteiger partial charge in [0.15, 0.2) is 10.8 Å². The first-order valence-corrected chi connectivity index (χ1v) is 8.60. The van der Waals surface area contributed by atoms with Crippen LogP contribution in [0.5, 0.6) is 0 Å². The maximum Gasteiger partial charge on any atom is 0.195 e. The Morgan fingerprint density at radius 1 is 1.43 bits per heavy atom. The normalized spacial score (nSPS) is 17.0. The number of nitrogens with zero attached hydrogens (tertiary/aromatic N) is 3. The summed E-state index contributed by atoms with van der Waals surface area (Å²) in [6, 6.07) is 0. The van der Waals surface area contributed by atoms with Crippen molar-refractivity contribution in [3.05, 3.63) is 17.3 Å². The third-order valence-corrected chi connectivity index (χ3v) is 4.96. The number of thiazole rings is 1. The monoisotopic (exact) mass is 308 g/mol. The Balaban J connectivity index is 1.78. The van der Waals surface area contributed by atoms with Crippen LogP contribution >= 0.6 is 11.3 Å². The van der Waals surface area contributed by atoms with E-state index < -0.39 is 0 Å². The highest BCUT2D eigenvalue weighted by Gasteiger charge is 2.24. The summed E-state index contributed by atoms with van der Waals surface area (Å²) < 4.78 is 7.51. The number of rotatable bonds is 6. The molecule has 6 heteroatoms. The van der Waals surface area contributed by atoms with E-state index in [0.29, 0.717) is 5.92 Å². The highest BCUT2D eigenvalue weighted by molar-refractivity contribution is 7.15. The maximum atomic E-state index is 5.29. The Morgan fingerprint density at radius 2 is 2.24 bits per heavy atom. The van der Waals surface area contributed by atoms with Crippen LogP contribution in [-0.2, 0) is 11.3 Å². The van der Waals surface area contributed by atoms with Gasteiger partial charge in [-0.05, 0) is 25.3 Å². The third kappa shape index (κ3) is 3.07. The molecular weight excluding hydrogens is 284 g/mol. The molecule has 116 valence electrons. The minimum Gasteiger partial charge on any atom is -0.384 e. The van der Waals surface area contributed by atoms with Crippen LogP contribution in [0.4, 0.5) is 5.82 Å². The topological polar surface area (TPSA) is 41.8 Å². The maximum absolute atomic E-state index is 5.29. The Kier molecular flexibility index (Phi) is 4.77. The Morgan fingerprint density at radius 3 is 2.95 bits per heavy atom. The molecule has 3 heterocycles. The molecule has 0 aliphatic carbocycles. The average Bonchev–Trinajstić information content (AvgIpc) is 3.07. The smallest absolute Gasteiger partial charge is 0.195 e. The van der Waals surface area contributed by atoms with Gasteiger partial charge in [0, 0.05) is 44.9 Å². The molecule has 1 N–H and O–H groups in total. The number of anilines is 1. The summed E-state index contributed by atoms with van der Waals surface area (Å²) >= 11 is 1.71. The molecule has 2 aromatic rings. The summed E-state index contributed by atoms with van der Waals surface area (Å²) in [4.78, 5) is 8.39. The number of ether oxygens (including phenoxy) is 1. The lowest BCUT2D eigenvalue weighted by atomic mass is 9.98. The van der Waals surface area contributed by atoms with Crippen LogP contribution in [0, 0.1) is 5.92 Å². The molecule has 0 spiro atoms. The van der Waals surface area contributed by atoms with Gasteiger partial charge in [-0.3, -0.25) is 4.40 Å². The van der Waals surface area contributed by atoms with Crippen molar-refractivity contribution in [2.75, 3.05) is 38.3 Å². The van der Waals surface area contributed by atoms with Gasteiger partial charge < -0.3 is 15.0 Å². The molecule has 0 atom stereocenters. The quantitative estimate of drug-likeness (QED) is 0.889. The van der Waals surface area contributed by atoms with E-state index in [4.69, 9.17) is 9.72 Å². The number of imidazole rings is 1. The molecule has 0 amide bonds. The van der Waals surface area contributed by atoms with Crippen molar-refractivity contribution < 1.29 is 4.74 Å². The summed E-state index contributed by atoms with van der Waals surface area (Å²) in [7, 11) is 1.80. The van der Waals surface area contributed by atoms with Crippen molar-refractivity contribution in [1.29, 1.82) is 0 Å². The Bertz CT molecular complexity index is 571. The number of piperidine rings is 1. The first-order chi connectivity index (χ1) is 10.3. The number of hydrogen-bond donors (Lipinski definition) is 1. The summed E-state index contributed by atoms with van der Waals surface area (Å²) in [5.41, 5.74) is 1.29. The summed E-state index contributed by atoms with van der Waals surface area (Å²) in [5.74, 6) is 1.87. The fourth-order valence-electron chi connectivity index (χ4n) is 3.03. The van der Waals surface area contributed by atoms with Gasteiger partial charge in [-0.25, -0.2) is 4.98 Å². The zero-order valence-electron chi connectivity index (χ0n) is 12.8. The average molecular weight is 308 g/mol. The molecule has 0 unspecified atom stereocenters. The molecule has 1 aliphatic rings. The van der Waals surface area contributed by atoms with Crippen molar-refractivity contribution in [2.45, 2.75) is 26.3 Å². The minimum absolute atomic E-state index is 0.701. The first-order valence-electron chi connectivity index (χ1n) is 7.72. The summed E-state index contributed by atoms with van der Waals surface area (Å²) in [6.45, 7) is 7.04. The molecule has 0 aromatic carbocycles. The van der Waals surface area contributed by atoms with Gasteiger partial charge in [-0.15, -0.1) is 11.3 Å². The van der Waals surface area contributed by atoms with Crippen LogP contribution in [0.25, 0.3) is 4.96 Å². The molecule has 1 saturated heterocycles. The standard InChI is InChI=1S/C15H24N4OS/c1-3-16-10-13-14(17-15-19(13)8-9-21-15)18-6-4-12(5-7-18)11-20-2/h8-9,12,16H,3-7,10-11H2,1-2H3. The molecule has 0 radical (unpaired) electrons. The van der Waals surface area contributed by atoms with E-state index in [9.17, 15) is 0 Å². The predicted octanol–water partition coefficient (Wildman–Crippen LogP) is 2.37. The van der Waals surface area contributed by atoms with Crippen LogP contribution < -0.4 is 10.2 Å². The second-order valence-corrected chi connectivity index (χ2v) is 6.48. The van der Waals surface area contributed by atoms with Gasteiger partial charge in [0.1, 0.15) is 0 Å². The van der Waals surface area contributed by atoms with Gasteiger partial charge in [0.05, 0.1) is 5.69 Å². The van der Waals surface area contributed by atoms with Crippen molar-refractivity contribution in [1.82, 2.24) is 14.7 Å². The van der Waals surface area contributed by atoms with E-state index in [1.807, 2.05) is 0 Å². The number of nitrogens with one attached hydrogen (secondary N) is 1. The van der Waals surface area contributed by atoms with Gasteiger partial charge in [0.25, 0.3) is 0 Å². The second kappa shape index (κ2) is 6.77. The van der Waals surface area contributed by atoms with Gasteiger partial charge >= 0.3 is 0 Å². The van der Waals surface area contributed by atoms with E-state index in [1.54, 1.807) is 18.4 Å². The molecule has 21 heavy (non-hydrogen) atoms. The molecule has 1 aliphatic heterocycles. The largest absolute Gasteiger partial charge is 0.384 e. The number of methoxy groups -OCH3 is 1. The van der Waals surface area contributed by atoms with Crippen LogP contribution in [0.3, 0.4) is 0 Å². The lowest BCUT2D eigenvalue weighted by Crippen LogP contribution is -2.36. The number of aromatic nitrogens is 2. The van der Waals surface area contributed by atoms with Crippen molar-refractivity contribution in [3.63, 3.8) is 0 Å². The fourth-order valence-corrected chi connectivity index (χ4v) is 3.76. The van der Waals surface area contributed by atoms with E-state index in [2.05, 4.69) is 33.1 Å². The van der Waals surface area contributed by atoms with Crippen LogP contribution in [0.2, 0.25) is 0 Å². The lowest BCUT2D eigenvalue weighted by Gasteiger charge is -2.32. The Labute approximate surface area is 129 Å². The van der Waals surface area contributed by atoms with Gasteiger partial charge in [-0.2, -0.15) is 0 Å². The zero-order chi connectivity index (χ0) is 14.7. The zero-order valence-corrected chi connectivity index (χ0v) is 13.7. The highest BCUT2D eigenvalue weighted by atomic mass is 32.1. The molecule has 3 rings (SSSR count). The number of fused-ring (bicyclic) bond motifs is 1. The van der Waals surface area contributed by atoms with E-state index >= 15 is 0 Å². The fraction of sp³-hybridized carbons (Fsp3) is 0.667. The van der Waals surface area contributed by atoms with Crippen LogP contribution in [0.15, 0.2) is 11.6 Å². The lowest BCUT2D eigenvalue weighted by molar-refractivity contribution is 0.139. The minimum atomic E-state index is 0.701. The van der Waals surface area contributed by atoms with Crippen molar-refractivity contribution in [2.24, 2.45) is 5.92 Å². The molecule has 5 nitrogen and oxygen atoms in total. The van der Waals surface area contributed by atoms with Gasteiger partial charge in [-0.1, -0.05) is 6.92 Å². The second-order valence-electron chi connectivity index (χ2n) is 5.60. The summed E-state index contributed by atoms with van der Waals surface area (Å²) in [5, 5.41) is 5.54. The molecule has 0 saturated carbocycles. The van der Waals surface area contributed by atoms with Gasteiger partial charge in [0.2, 0.25) is 0 Å². The van der Waals surface area contributed by atoms with Crippen LogP contribution in [-0.4, -0.2) is 42.7 Å². The Hall–Kier alpha value is -1.11. The molecule has 1 fully saturated rings. The molecule has 0 bridgehead atoms. The predicted molar refractivity (Wildman–Crippen MR) is 87.3 cm³/mol. The van der Waals surface area contributed by atoms with E-state index in [-0.39, 0.29) is 0 Å². The highest BCUT2D eigenvalue weighted by Crippen LogP contribution is 2.28.